The molecule has 4 rings (SSSR count). The number of aromatic amines is 1. The van der Waals surface area contributed by atoms with E-state index in [1.165, 1.54) is 0 Å². The van der Waals surface area contributed by atoms with Gasteiger partial charge in [0.15, 0.2) is 0 Å². The summed E-state index contributed by atoms with van der Waals surface area (Å²) in [5, 5.41) is 9.36. The van der Waals surface area contributed by atoms with Crippen LogP contribution in [0.15, 0.2) is 61.1 Å². The van der Waals surface area contributed by atoms with Crippen molar-refractivity contribution in [3.63, 3.8) is 0 Å². The third kappa shape index (κ3) is 3.14. The standard InChI is InChI=1S/C19H17N5O/c25-19(23-10-9-22-18-12-20-7-8-21-18)17-11-15-14-4-2-1-3-13(14)5-6-16(15)24-17/h1-8,11-12,24H,9-10H2,(H,21,22)(H,23,25). The van der Waals surface area contributed by atoms with Gasteiger partial charge >= 0.3 is 0 Å². The normalized spacial score (nSPS) is 10.9. The number of amides is 1. The lowest BCUT2D eigenvalue weighted by atomic mass is 10.1. The van der Waals surface area contributed by atoms with Crippen LogP contribution in [0.25, 0.3) is 21.7 Å². The van der Waals surface area contributed by atoms with E-state index >= 15 is 0 Å². The topological polar surface area (TPSA) is 82.7 Å². The van der Waals surface area contributed by atoms with Crippen LogP contribution in [-0.4, -0.2) is 33.9 Å². The predicted octanol–water partition coefficient (Wildman–Crippen LogP) is 2.95. The Hall–Kier alpha value is -3.41. The SMILES string of the molecule is O=C(NCCNc1cnccn1)c1cc2c(ccc3ccccc32)[nH]1. The van der Waals surface area contributed by atoms with Crippen molar-refractivity contribution >= 4 is 33.4 Å². The minimum atomic E-state index is -0.124. The molecule has 6 nitrogen and oxygen atoms in total. The van der Waals surface area contributed by atoms with E-state index < -0.39 is 0 Å². The Morgan fingerprint density at radius 2 is 1.96 bits per heavy atom. The van der Waals surface area contributed by atoms with E-state index in [9.17, 15) is 4.79 Å². The van der Waals surface area contributed by atoms with Gasteiger partial charge in [-0.15, -0.1) is 0 Å². The van der Waals surface area contributed by atoms with E-state index in [1.54, 1.807) is 18.6 Å². The summed E-state index contributed by atoms with van der Waals surface area (Å²) >= 11 is 0. The summed E-state index contributed by atoms with van der Waals surface area (Å²) in [7, 11) is 0. The predicted molar refractivity (Wildman–Crippen MR) is 98.7 cm³/mol. The molecule has 0 radical (unpaired) electrons. The van der Waals surface area contributed by atoms with Gasteiger partial charge in [0.1, 0.15) is 11.5 Å². The molecule has 0 aliphatic heterocycles. The van der Waals surface area contributed by atoms with E-state index in [1.807, 2.05) is 24.3 Å². The van der Waals surface area contributed by atoms with Gasteiger partial charge in [0.25, 0.3) is 5.91 Å². The molecule has 2 heterocycles. The average Bonchev–Trinajstić information content (AvgIpc) is 3.11. The fourth-order valence-corrected chi connectivity index (χ4v) is 2.86. The van der Waals surface area contributed by atoms with E-state index in [2.05, 4.69) is 43.8 Å². The zero-order valence-corrected chi connectivity index (χ0v) is 13.5. The summed E-state index contributed by atoms with van der Waals surface area (Å²) in [6.45, 7) is 1.07. The number of hydrogen-bond donors (Lipinski definition) is 3. The summed E-state index contributed by atoms with van der Waals surface area (Å²) < 4.78 is 0. The van der Waals surface area contributed by atoms with Crippen molar-refractivity contribution in [3.8, 4) is 0 Å². The van der Waals surface area contributed by atoms with E-state index in [-0.39, 0.29) is 5.91 Å². The molecule has 1 amide bonds. The maximum absolute atomic E-state index is 12.4. The molecule has 2 aromatic heterocycles. The molecule has 0 atom stereocenters. The van der Waals surface area contributed by atoms with Crippen molar-refractivity contribution in [2.75, 3.05) is 18.4 Å². The smallest absolute Gasteiger partial charge is 0.267 e. The maximum atomic E-state index is 12.4. The number of H-pyrrole nitrogens is 1. The van der Waals surface area contributed by atoms with E-state index in [0.29, 0.717) is 24.6 Å². The van der Waals surface area contributed by atoms with Gasteiger partial charge in [0.2, 0.25) is 0 Å². The van der Waals surface area contributed by atoms with Crippen LogP contribution in [0, 0.1) is 0 Å². The molecule has 0 spiro atoms. The highest BCUT2D eigenvalue weighted by atomic mass is 16.1. The summed E-state index contributed by atoms with van der Waals surface area (Å²) in [6, 6.07) is 14.1. The first-order chi connectivity index (χ1) is 12.3. The highest BCUT2D eigenvalue weighted by Crippen LogP contribution is 2.25. The molecule has 3 N–H and O–H groups in total. The second kappa shape index (κ2) is 6.60. The highest BCUT2D eigenvalue weighted by Gasteiger charge is 2.10. The first kappa shape index (κ1) is 15.1. The second-order valence-electron chi connectivity index (χ2n) is 5.70. The van der Waals surface area contributed by atoms with Gasteiger partial charge in [-0.2, -0.15) is 0 Å². The number of benzene rings is 2. The Morgan fingerprint density at radius 3 is 2.84 bits per heavy atom. The number of nitrogens with zero attached hydrogens (tertiary/aromatic N) is 2. The van der Waals surface area contributed by atoms with Crippen LogP contribution < -0.4 is 10.6 Å². The van der Waals surface area contributed by atoms with Crippen molar-refractivity contribution < 1.29 is 4.79 Å². The molecule has 0 bridgehead atoms. The number of aromatic nitrogens is 3. The Labute approximate surface area is 144 Å². The minimum Gasteiger partial charge on any atom is -0.367 e. The van der Waals surface area contributed by atoms with E-state index in [0.717, 1.165) is 21.7 Å². The zero-order chi connectivity index (χ0) is 17.1. The molecule has 124 valence electrons. The maximum Gasteiger partial charge on any atom is 0.267 e. The van der Waals surface area contributed by atoms with Crippen LogP contribution in [-0.2, 0) is 0 Å². The van der Waals surface area contributed by atoms with Gasteiger partial charge < -0.3 is 15.6 Å². The monoisotopic (exact) mass is 331 g/mol. The van der Waals surface area contributed by atoms with Crippen LogP contribution in [0.1, 0.15) is 10.5 Å². The van der Waals surface area contributed by atoms with Gasteiger partial charge in [0, 0.05) is 36.4 Å². The number of carbonyl (C=O) groups excluding carboxylic acids is 1. The van der Waals surface area contributed by atoms with Crippen molar-refractivity contribution in [3.05, 3.63) is 66.7 Å². The molecule has 0 aliphatic carbocycles. The summed E-state index contributed by atoms with van der Waals surface area (Å²) in [5.74, 6) is 0.565. The van der Waals surface area contributed by atoms with Crippen LogP contribution in [0.3, 0.4) is 0 Å². The van der Waals surface area contributed by atoms with Gasteiger partial charge in [-0.05, 0) is 22.9 Å². The lowest BCUT2D eigenvalue weighted by molar-refractivity contribution is 0.0951. The largest absolute Gasteiger partial charge is 0.367 e. The fourth-order valence-electron chi connectivity index (χ4n) is 2.86. The van der Waals surface area contributed by atoms with Crippen molar-refractivity contribution in [2.24, 2.45) is 0 Å². The quantitative estimate of drug-likeness (QED) is 0.491. The first-order valence-corrected chi connectivity index (χ1v) is 8.10. The van der Waals surface area contributed by atoms with Crippen LogP contribution in [0.4, 0.5) is 5.82 Å². The van der Waals surface area contributed by atoms with Crippen molar-refractivity contribution in [2.45, 2.75) is 0 Å². The molecule has 0 saturated heterocycles. The lowest BCUT2D eigenvalue weighted by Crippen LogP contribution is -2.29. The zero-order valence-electron chi connectivity index (χ0n) is 13.5. The van der Waals surface area contributed by atoms with Crippen LogP contribution in [0.5, 0.6) is 0 Å². The molecule has 0 unspecified atom stereocenters. The molecule has 4 aromatic rings. The molecule has 2 aromatic carbocycles. The summed E-state index contributed by atoms with van der Waals surface area (Å²) in [4.78, 5) is 23.7. The van der Waals surface area contributed by atoms with E-state index in [4.69, 9.17) is 0 Å². The molecule has 0 aliphatic rings. The Kier molecular flexibility index (Phi) is 4.00. The first-order valence-electron chi connectivity index (χ1n) is 8.10. The summed E-state index contributed by atoms with van der Waals surface area (Å²) in [6.07, 6.45) is 4.88. The molecule has 0 fully saturated rings. The van der Waals surface area contributed by atoms with Gasteiger partial charge in [-0.3, -0.25) is 9.78 Å². The summed E-state index contributed by atoms with van der Waals surface area (Å²) in [5.41, 5.74) is 1.52. The van der Waals surface area contributed by atoms with Crippen molar-refractivity contribution in [1.82, 2.24) is 20.3 Å². The molecule has 6 heteroatoms. The average molecular weight is 331 g/mol. The fraction of sp³-hybridized carbons (Fsp3) is 0.105. The number of anilines is 1. The van der Waals surface area contributed by atoms with Crippen LogP contribution in [0.2, 0.25) is 0 Å². The Balaban J connectivity index is 1.44. The number of hydrogen-bond acceptors (Lipinski definition) is 4. The highest BCUT2D eigenvalue weighted by molar-refractivity contribution is 6.09. The number of nitrogens with one attached hydrogen (secondary N) is 3. The molecule has 25 heavy (non-hydrogen) atoms. The van der Waals surface area contributed by atoms with Gasteiger partial charge in [-0.25, -0.2) is 4.98 Å². The third-order valence-electron chi connectivity index (χ3n) is 4.05. The van der Waals surface area contributed by atoms with Crippen LogP contribution >= 0.6 is 0 Å². The third-order valence-corrected chi connectivity index (χ3v) is 4.05. The molecule has 0 saturated carbocycles. The molecular formula is C19H17N5O. The number of rotatable bonds is 5. The lowest BCUT2D eigenvalue weighted by Gasteiger charge is -2.05. The minimum absolute atomic E-state index is 0.124. The van der Waals surface area contributed by atoms with Gasteiger partial charge in [-0.1, -0.05) is 30.3 Å². The second-order valence-corrected chi connectivity index (χ2v) is 5.70. The molecular weight excluding hydrogens is 314 g/mol. The number of carbonyl (C=O) groups is 1. The Morgan fingerprint density at radius 1 is 1.04 bits per heavy atom. The Bertz CT molecular complexity index is 1030. The number of fused-ring (bicyclic) bond motifs is 3. The van der Waals surface area contributed by atoms with Gasteiger partial charge in [0.05, 0.1) is 6.20 Å². The van der Waals surface area contributed by atoms with Crippen molar-refractivity contribution in [1.29, 1.82) is 0 Å².